The predicted molar refractivity (Wildman–Crippen MR) is 78.0 cm³/mol. The third kappa shape index (κ3) is 2.25. The van der Waals surface area contributed by atoms with E-state index in [1.54, 1.807) is 6.07 Å². The first-order valence-electron chi connectivity index (χ1n) is 6.71. The fourth-order valence-corrected chi connectivity index (χ4v) is 4.31. The van der Waals surface area contributed by atoms with Gasteiger partial charge in [-0.05, 0) is 43.5 Å². The first-order valence-corrected chi connectivity index (χ1v) is 8.15. The zero-order chi connectivity index (χ0) is 15.0. The number of nitrogens with zero attached hydrogens (tertiary/aromatic N) is 1. The van der Waals surface area contributed by atoms with Gasteiger partial charge in [-0.15, -0.1) is 0 Å². The molecule has 0 saturated heterocycles. The summed E-state index contributed by atoms with van der Waals surface area (Å²) in [5, 5.41) is -0.201. The third-order valence-electron chi connectivity index (χ3n) is 3.69. The van der Waals surface area contributed by atoms with Crippen LogP contribution in [0.25, 0.3) is 0 Å². The molecule has 1 aromatic heterocycles. The molecular formula is C15H15NO4S. The molecule has 0 spiro atoms. The van der Waals surface area contributed by atoms with Crippen LogP contribution in [0, 0.1) is 0 Å². The topological polar surface area (TPSA) is 67.6 Å². The minimum Gasteiger partial charge on any atom is -0.440 e. The summed E-state index contributed by atoms with van der Waals surface area (Å²) in [7, 11) is -3.81. The van der Waals surface area contributed by atoms with Gasteiger partial charge in [0, 0.05) is 6.04 Å². The van der Waals surface area contributed by atoms with Crippen LogP contribution in [-0.4, -0.2) is 20.7 Å². The molecule has 2 heterocycles. The normalized spacial score (nSPS) is 18.3. The number of furan rings is 1. The smallest absolute Gasteiger partial charge is 0.298 e. The molecule has 21 heavy (non-hydrogen) atoms. The van der Waals surface area contributed by atoms with Crippen LogP contribution in [0.15, 0.2) is 45.9 Å². The van der Waals surface area contributed by atoms with Crippen LogP contribution in [0.2, 0.25) is 0 Å². The van der Waals surface area contributed by atoms with Gasteiger partial charge in [0.25, 0.3) is 10.0 Å². The van der Waals surface area contributed by atoms with Crippen LogP contribution < -0.4 is 4.31 Å². The average Bonchev–Trinajstić information content (AvgIpc) is 2.96. The number of para-hydroxylation sites is 1. The van der Waals surface area contributed by atoms with Crippen molar-refractivity contribution in [3.05, 3.63) is 47.7 Å². The highest BCUT2D eigenvalue weighted by Gasteiger charge is 2.35. The second-order valence-electron chi connectivity index (χ2n) is 5.09. The van der Waals surface area contributed by atoms with Crippen molar-refractivity contribution < 1.29 is 17.6 Å². The van der Waals surface area contributed by atoms with E-state index < -0.39 is 10.0 Å². The minimum atomic E-state index is -3.81. The molecule has 1 aromatic carbocycles. The molecule has 110 valence electrons. The predicted octanol–water partition coefficient (Wildman–Crippen LogP) is 2.62. The van der Waals surface area contributed by atoms with Gasteiger partial charge in [-0.25, -0.2) is 0 Å². The van der Waals surface area contributed by atoms with Crippen LogP contribution >= 0.6 is 0 Å². The van der Waals surface area contributed by atoms with E-state index in [1.807, 2.05) is 25.1 Å². The molecule has 0 amide bonds. The van der Waals surface area contributed by atoms with Crippen molar-refractivity contribution in [3.63, 3.8) is 0 Å². The summed E-state index contributed by atoms with van der Waals surface area (Å²) in [5.74, 6) is 0.00604. The Kier molecular flexibility index (Phi) is 3.33. The van der Waals surface area contributed by atoms with Crippen molar-refractivity contribution in [2.24, 2.45) is 0 Å². The quantitative estimate of drug-likeness (QED) is 0.818. The number of sulfonamides is 1. The van der Waals surface area contributed by atoms with Crippen molar-refractivity contribution in [2.75, 3.05) is 4.31 Å². The zero-order valence-corrected chi connectivity index (χ0v) is 12.3. The SMILES string of the molecule is CC1CCc2ccccc2N1S(=O)(=O)c1ccc(C=O)o1. The Morgan fingerprint density at radius 1 is 1.24 bits per heavy atom. The first kappa shape index (κ1) is 13.9. The van der Waals surface area contributed by atoms with Gasteiger partial charge in [-0.1, -0.05) is 18.2 Å². The summed E-state index contributed by atoms with van der Waals surface area (Å²) < 4.78 is 32.1. The second-order valence-corrected chi connectivity index (χ2v) is 6.84. The molecule has 0 saturated carbocycles. The summed E-state index contributed by atoms with van der Waals surface area (Å²) in [4.78, 5) is 10.7. The van der Waals surface area contributed by atoms with Crippen LogP contribution in [0.3, 0.4) is 0 Å². The van der Waals surface area contributed by atoms with E-state index in [0.717, 1.165) is 18.4 Å². The molecule has 1 atom stereocenters. The number of rotatable bonds is 3. The Balaban J connectivity index is 2.12. The molecule has 1 unspecified atom stereocenters. The highest BCUT2D eigenvalue weighted by Crippen LogP contribution is 2.35. The van der Waals surface area contributed by atoms with Gasteiger partial charge in [0.15, 0.2) is 12.0 Å². The van der Waals surface area contributed by atoms with Gasteiger partial charge in [0.05, 0.1) is 5.69 Å². The highest BCUT2D eigenvalue weighted by atomic mass is 32.2. The van der Waals surface area contributed by atoms with E-state index in [2.05, 4.69) is 0 Å². The molecule has 0 fully saturated rings. The lowest BCUT2D eigenvalue weighted by atomic mass is 9.99. The van der Waals surface area contributed by atoms with Crippen molar-refractivity contribution in [2.45, 2.75) is 30.9 Å². The number of carbonyl (C=O) groups is 1. The molecule has 5 nitrogen and oxygen atoms in total. The van der Waals surface area contributed by atoms with Gasteiger partial charge < -0.3 is 4.42 Å². The number of anilines is 1. The fourth-order valence-electron chi connectivity index (χ4n) is 2.66. The maximum Gasteiger partial charge on any atom is 0.298 e. The molecule has 1 aliphatic heterocycles. The van der Waals surface area contributed by atoms with Crippen LogP contribution in [-0.2, 0) is 16.4 Å². The van der Waals surface area contributed by atoms with E-state index in [4.69, 9.17) is 4.42 Å². The van der Waals surface area contributed by atoms with E-state index >= 15 is 0 Å². The maximum atomic E-state index is 12.8. The van der Waals surface area contributed by atoms with E-state index in [0.29, 0.717) is 12.0 Å². The van der Waals surface area contributed by atoms with Gasteiger partial charge in [0.2, 0.25) is 5.09 Å². The zero-order valence-electron chi connectivity index (χ0n) is 11.5. The third-order valence-corrected chi connectivity index (χ3v) is 5.49. The Bertz CT molecular complexity index is 778. The van der Waals surface area contributed by atoms with Crippen LogP contribution in [0.5, 0.6) is 0 Å². The molecule has 6 heteroatoms. The number of aryl methyl sites for hydroxylation is 1. The van der Waals surface area contributed by atoms with Crippen molar-refractivity contribution in [1.29, 1.82) is 0 Å². The van der Waals surface area contributed by atoms with Gasteiger partial charge in [-0.2, -0.15) is 8.42 Å². The molecular weight excluding hydrogens is 290 g/mol. The molecule has 2 aromatic rings. The Labute approximate surface area is 123 Å². The summed E-state index contributed by atoms with van der Waals surface area (Å²) in [6, 6.07) is 9.97. The average molecular weight is 305 g/mol. The van der Waals surface area contributed by atoms with Gasteiger partial charge >= 0.3 is 0 Å². The largest absolute Gasteiger partial charge is 0.440 e. The number of hydrogen-bond donors (Lipinski definition) is 0. The molecule has 3 rings (SSSR count). The molecule has 1 aliphatic rings. The number of benzene rings is 1. The Hall–Kier alpha value is -2.08. The van der Waals surface area contributed by atoms with Crippen molar-refractivity contribution in [1.82, 2.24) is 0 Å². The number of aldehydes is 1. The van der Waals surface area contributed by atoms with Crippen molar-refractivity contribution >= 4 is 22.0 Å². The Morgan fingerprint density at radius 3 is 2.71 bits per heavy atom. The van der Waals surface area contributed by atoms with Gasteiger partial charge in [-0.3, -0.25) is 9.10 Å². The van der Waals surface area contributed by atoms with Crippen LogP contribution in [0.4, 0.5) is 5.69 Å². The lowest BCUT2D eigenvalue weighted by molar-refractivity contribution is 0.109. The Morgan fingerprint density at radius 2 is 2.00 bits per heavy atom. The number of fused-ring (bicyclic) bond motifs is 1. The summed E-state index contributed by atoms with van der Waals surface area (Å²) in [6.07, 6.45) is 2.09. The molecule has 0 aliphatic carbocycles. The lowest BCUT2D eigenvalue weighted by Gasteiger charge is -2.35. The fraction of sp³-hybridized carbons (Fsp3) is 0.267. The maximum absolute atomic E-state index is 12.8. The van der Waals surface area contributed by atoms with E-state index in [9.17, 15) is 13.2 Å². The molecule has 0 radical (unpaired) electrons. The summed E-state index contributed by atoms with van der Waals surface area (Å²) in [5.41, 5.74) is 1.68. The monoisotopic (exact) mass is 305 g/mol. The highest BCUT2D eigenvalue weighted by molar-refractivity contribution is 7.92. The summed E-state index contributed by atoms with van der Waals surface area (Å²) in [6.45, 7) is 1.87. The van der Waals surface area contributed by atoms with Crippen LogP contribution in [0.1, 0.15) is 29.5 Å². The van der Waals surface area contributed by atoms with E-state index in [-0.39, 0.29) is 16.9 Å². The summed E-state index contributed by atoms with van der Waals surface area (Å²) >= 11 is 0. The standard InChI is InChI=1S/C15H15NO4S/c1-11-6-7-12-4-2-3-5-14(12)16(11)21(18,19)15-9-8-13(10-17)20-15/h2-5,8-11H,6-7H2,1H3. The number of carbonyl (C=O) groups excluding carboxylic acids is 1. The van der Waals surface area contributed by atoms with E-state index in [1.165, 1.54) is 16.4 Å². The van der Waals surface area contributed by atoms with Gasteiger partial charge in [0.1, 0.15) is 0 Å². The molecule has 0 N–H and O–H groups in total. The minimum absolute atomic E-state index is 0.00604. The lowest BCUT2D eigenvalue weighted by Crippen LogP contribution is -2.41. The second kappa shape index (κ2) is 5.04. The number of hydrogen-bond acceptors (Lipinski definition) is 4. The molecule has 0 bridgehead atoms. The first-order chi connectivity index (χ1) is 10.0. The van der Waals surface area contributed by atoms with Crippen molar-refractivity contribution in [3.8, 4) is 0 Å².